The standard InChI is InChI=1S/C16H27N3O3.2ClH/c1-4-19(5-2)10-11-22-15-9-7-6-8-14(15)18-16(20)13(17)12-21-3;;/h6-9,13H,4-5,10-12,17H2,1-3H3,(H,18,20);2*1H. The van der Waals surface area contributed by atoms with Gasteiger partial charge >= 0.3 is 0 Å². The van der Waals surface area contributed by atoms with E-state index in [1.54, 1.807) is 6.07 Å². The van der Waals surface area contributed by atoms with E-state index in [2.05, 4.69) is 24.1 Å². The van der Waals surface area contributed by atoms with E-state index in [9.17, 15) is 4.79 Å². The summed E-state index contributed by atoms with van der Waals surface area (Å²) >= 11 is 0. The number of nitrogens with two attached hydrogens (primary N) is 1. The number of hydrogen-bond donors (Lipinski definition) is 2. The van der Waals surface area contributed by atoms with Crippen LogP contribution >= 0.6 is 24.8 Å². The van der Waals surface area contributed by atoms with E-state index in [0.717, 1.165) is 19.6 Å². The molecule has 0 spiro atoms. The zero-order valence-corrected chi connectivity index (χ0v) is 16.1. The molecule has 140 valence electrons. The van der Waals surface area contributed by atoms with Gasteiger partial charge in [0, 0.05) is 13.7 Å². The summed E-state index contributed by atoms with van der Waals surface area (Å²) in [4.78, 5) is 14.2. The highest BCUT2D eigenvalue weighted by Gasteiger charge is 2.15. The Morgan fingerprint density at radius 3 is 2.46 bits per heavy atom. The van der Waals surface area contributed by atoms with Crippen LogP contribution in [0.2, 0.25) is 0 Å². The van der Waals surface area contributed by atoms with Gasteiger partial charge in [-0.15, -0.1) is 24.8 Å². The molecule has 1 rings (SSSR count). The van der Waals surface area contributed by atoms with Crippen molar-refractivity contribution < 1.29 is 14.3 Å². The fourth-order valence-corrected chi connectivity index (χ4v) is 2.00. The van der Waals surface area contributed by atoms with E-state index in [-0.39, 0.29) is 37.3 Å². The second kappa shape index (κ2) is 14.3. The van der Waals surface area contributed by atoms with Gasteiger partial charge in [-0.2, -0.15) is 0 Å². The number of benzene rings is 1. The molecule has 0 saturated carbocycles. The first-order chi connectivity index (χ1) is 10.6. The Kier molecular flexibility index (Phi) is 15.0. The molecule has 1 unspecified atom stereocenters. The Balaban J connectivity index is 0. The summed E-state index contributed by atoms with van der Waals surface area (Å²) in [6.07, 6.45) is 0. The van der Waals surface area contributed by atoms with Crippen molar-refractivity contribution in [2.24, 2.45) is 5.73 Å². The average Bonchev–Trinajstić information content (AvgIpc) is 2.53. The number of carbonyl (C=O) groups excluding carboxylic acids is 1. The summed E-state index contributed by atoms with van der Waals surface area (Å²) in [6.45, 7) is 7.81. The maximum Gasteiger partial charge on any atom is 0.243 e. The minimum absolute atomic E-state index is 0. The molecule has 6 nitrogen and oxygen atoms in total. The summed E-state index contributed by atoms with van der Waals surface area (Å²) in [5.74, 6) is 0.356. The number of nitrogens with zero attached hydrogens (tertiary/aromatic N) is 1. The largest absolute Gasteiger partial charge is 0.490 e. The van der Waals surface area contributed by atoms with Crippen molar-refractivity contribution in [1.29, 1.82) is 0 Å². The van der Waals surface area contributed by atoms with E-state index in [1.807, 2.05) is 18.2 Å². The minimum atomic E-state index is -0.700. The van der Waals surface area contributed by atoms with Crippen LogP contribution in [0.3, 0.4) is 0 Å². The van der Waals surface area contributed by atoms with Crippen LogP contribution in [-0.4, -0.2) is 56.8 Å². The monoisotopic (exact) mass is 381 g/mol. The Morgan fingerprint density at radius 1 is 1.25 bits per heavy atom. The molecule has 0 bridgehead atoms. The van der Waals surface area contributed by atoms with Crippen LogP contribution in [0.4, 0.5) is 5.69 Å². The average molecular weight is 382 g/mol. The highest BCUT2D eigenvalue weighted by molar-refractivity contribution is 5.96. The quantitative estimate of drug-likeness (QED) is 0.649. The summed E-state index contributed by atoms with van der Waals surface area (Å²) < 4.78 is 10.7. The summed E-state index contributed by atoms with van der Waals surface area (Å²) in [5.41, 5.74) is 6.34. The zero-order valence-electron chi connectivity index (χ0n) is 14.5. The van der Waals surface area contributed by atoms with Crippen molar-refractivity contribution in [3.05, 3.63) is 24.3 Å². The number of carbonyl (C=O) groups is 1. The lowest BCUT2D eigenvalue weighted by molar-refractivity contribution is -0.118. The molecule has 0 aliphatic carbocycles. The molecule has 8 heteroatoms. The first kappa shape index (κ1) is 25.2. The third-order valence-electron chi connectivity index (χ3n) is 3.39. The number of amides is 1. The van der Waals surface area contributed by atoms with E-state index >= 15 is 0 Å². The lowest BCUT2D eigenvalue weighted by Crippen LogP contribution is -2.39. The Hall–Kier alpha value is -1.05. The number of nitrogens with one attached hydrogen (secondary N) is 1. The van der Waals surface area contributed by atoms with E-state index in [0.29, 0.717) is 18.0 Å². The molecular formula is C16H29Cl2N3O3. The Morgan fingerprint density at radius 2 is 1.88 bits per heavy atom. The van der Waals surface area contributed by atoms with Crippen LogP contribution < -0.4 is 15.8 Å². The summed E-state index contributed by atoms with van der Waals surface area (Å²) in [7, 11) is 1.51. The van der Waals surface area contributed by atoms with Crippen molar-refractivity contribution in [2.75, 3.05) is 45.3 Å². The minimum Gasteiger partial charge on any atom is -0.490 e. The molecule has 1 amide bonds. The highest BCUT2D eigenvalue weighted by atomic mass is 35.5. The van der Waals surface area contributed by atoms with Gasteiger partial charge in [0.25, 0.3) is 0 Å². The SMILES string of the molecule is CCN(CC)CCOc1ccccc1NC(=O)C(N)COC.Cl.Cl. The van der Waals surface area contributed by atoms with Crippen LogP contribution in [0.5, 0.6) is 5.75 Å². The van der Waals surface area contributed by atoms with E-state index in [4.69, 9.17) is 15.2 Å². The van der Waals surface area contributed by atoms with Gasteiger partial charge in [0.1, 0.15) is 18.4 Å². The lowest BCUT2D eigenvalue weighted by atomic mass is 10.2. The third kappa shape index (κ3) is 8.70. The molecule has 1 atom stereocenters. The first-order valence-corrected chi connectivity index (χ1v) is 7.61. The fourth-order valence-electron chi connectivity index (χ4n) is 2.00. The Labute approximate surface area is 156 Å². The van der Waals surface area contributed by atoms with Crippen molar-refractivity contribution in [2.45, 2.75) is 19.9 Å². The number of hydrogen-bond acceptors (Lipinski definition) is 5. The molecular weight excluding hydrogens is 353 g/mol. The molecule has 0 aliphatic rings. The fraction of sp³-hybridized carbons (Fsp3) is 0.562. The molecule has 0 saturated heterocycles. The number of anilines is 1. The van der Waals surface area contributed by atoms with Crippen LogP contribution in [0.25, 0.3) is 0 Å². The van der Waals surface area contributed by atoms with Gasteiger partial charge in [0.05, 0.1) is 12.3 Å². The van der Waals surface area contributed by atoms with Gasteiger partial charge in [-0.25, -0.2) is 0 Å². The molecule has 0 fully saturated rings. The van der Waals surface area contributed by atoms with Crippen LogP contribution in [0.1, 0.15) is 13.8 Å². The van der Waals surface area contributed by atoms with Gasteiger partial charge in [-0.1, -0.05) is 26.0 Å². The number of halogens is 2. The normalized spacial score (nSPS) is 11.2. The second-order valence-corrected chi connectivity index (χ2v) is 4.92. The van der Waals surface area contributed by atoms with Gasteiger partial charge in [0.15, 0.2) is 0 Å². The maximum atomic E-state index is 11.9. The number of rotatable bonds is 10. The van der Waals surface area contributed by atoms with Crippen molar-refractivity contribution in [1.82, 2.24) is 4.90 Å². The summed E-state index contributed by atoms with van der Waals surface area (Å²) in [6, 6.07) is 6.64. The van der Waals surface area contributed by atoms with Gasteiger partial charge in [0.2, 0.25) is 5.91 Å². The van der Waals surface area contributed by atoms with Gasteiger partial charge in [-0.3, -0.25) is 4.79 Å². The van der Waals surface area contributed by atoms with Crippen molar-refractivity contribution >= 4 is 36.4 Å². The van der Waals surface area contributed by atoms with Crippen LogP contribution in [-0.2, 0) is 9.53 Å². The van der Waals surface area contributed by atoms with Crippen molar-refractivity contribution in [3.63, 3.8) is 0 Å². The topological polar surface area (TPSA) is 76.8 Å². The number of ether oxygens (including phenoxy) is 2. The highest BCUT2D eigenvalue weighted by Crippen LogP contribution is 2.23. The molecule has 3 N–H and O–H groups in total. The molecule has 0 aromatic heterocycles. The number of methoxy groups -OCH3 is 1. The lowest BCUT2D eigenvalue weighted by Gasteiger charge is -2.19. The first-order valence-electron chi connectivity index (χ1n) is 7.61. The zero-order chi connectivity index (χ0) is 16.4. The van der Waals surface area contributed by atoms with E-state index in [1.165, 1.54) is 7.11 Å². The predicted octanol–water partition coefficient (Wildman–Crippen LogP) is 2.16. The van der Waals surface area contributed by atoms with Crippen molar-refractivity contribution in [3.8, 4) is 5.75 Å². The second-order valence-electron chi connectivity index (χ2n) is 4.92. The van der Waals surface area contributed by atoms with Gasteiger partial charge < -0.3 is 25.4 Å². The van der Waals surface area contributed by atoms with Crippen LogP contribution in [0.15, 0.2) is 24.3 Å². The number of likely N-dealkylation sites (N-methyl/N-ethyl adjacent to an activating group) is 1. The predicted molar refractivity (Wildman–Crippen MR) is 103 cm³/mol. The van der Waals surface area contributed by atoms with Crippen LogP contribution in [0, 0.1) is 0 Å². The smallest absolute Gasteiger partial charge is 0.243 e. The molecule has 0 heterocycles. The third-order valence-corrected chi connectivity index (χ3v) is 3.39. The molecule has 0 radical (unpaired) electrons. The molecule has 1 aromatic rings. The van der Waals surface area contributed by atoms with E-state index < -0.39 is 6.04 Å². The molecule has 1 aromatic carbocycles. The maximum absolute atomic E-state index is 11.9. The Bertz CT molecular complexity index is 460. The summed E-state index contributed by atoms with van der Waals surface area (Å²) in [5, 5.41) is 2.78. The van der Waals surface area contributed by atoms with Gasteiger partial charge in [-0.05, 0) is 25.2 Å². The molecule has 24 heavy (non-hydrogen) atoms. The number of para-hydroxylation sites is 2. The molecule has 0 aliphatic heterocycles.